The van der Waals surface area contributed by atoms with Gasteiger partial charge in [-0.15, -0.1) is 0 Å². The summed E-state index contributed by atoms with van der Waals surface area (Å²) in [6.45, 7) is 0.778. The van der Waals surface area contributed by atoms with Crippen molar-refractivity contribution < 1.29 is 17.9 Å². The summed E-state index contributed by atoms with van der Waals surface area (Å²) in [5.74, 6) is 0.564. The summed E-state index contributed by atoms with van der Waals surface area (Å²) in [6, 6.07) is 7.40. The average Bonchev–Trinajstić information content (AvgIpc) is 2.24. The molecule has 0 aromatic heterocycles. The van der Waals surface area contributed by atoms with Crippen molar-refractivity contribution in [3.8, 4) is 5.75 Å². The molecule has 0 radical (unpaired) electrons. The molecule has 0 spiro atoms. The van der Waals surface area contributed by atoms with Crippen molar-refractivity contribution in [2.24, 2.45) is 5.14 Å². The number of halogens is 1. The Balaban J connectivity index is 2.10. The third-order valence-electron chi connectivity index (χ3n) is 1.82. The molecule has 0 aliphatic rings. The largest absolute Gasteiger partial charge is 0.491 e. The van der Waals surface area contributed by atoms with E-state index in [1.54, 1.807) is 0 Å². The molecule has 0 heterocycles. The first kappa shape index (κ1) is 14.4. The molecule has 1 aromatic rings. The Morgan fingerprint density at radius 1 is 1.12 bits per heavy atom. The van der Waals surface area contributed by atoms with E-state index in [1.165, 1.54) is 0 Å². The lowest BCUT2D eigenvalue weighted by Crippen LogP contribution is -2.21. The minimum Gasteiger partial charge on any atom is -0.491 e. The molecule has 0 aliphatic carbocycles. The Morgan fingerprint density at radius 3 is 2.35 bits per heavy atom. The molecule has 1 rings (SSSR count). The van der Waals surface area contributed by atoms with E-state index < -0.39 is 10.0 Å². The third kappa shape index (κ3) is 7.32. The average molecular weight is 324 g/mol. The van der Waals surface area contributed by atoms with Crippen LogP contribution in [0.4, 0.5) is 0 Å². The van der Waals surface area contributed by atoms with Gasteiger partial charge in [-0.2, -0.15) is 0 Å². The minimum absolute atomic E-state index is 0.0858. The van der Waals surface area contributed by atoms with Gasteiger partial charge in [0.1, 0.15) is 12.4 Å². The SMILES string of the molecule is NS(=O)(=O)CCOCCOc1ccc(Br)cc1. The molecule has 0 saturated carbocycles. The van der Waals surface area contributed by atoms with Crippen LogP contribution in [0, 0.1) is 0 Å². The second-order valence-electron chi connectivity index (χ2n) is 3.28. The maximum Gasteiger partial charge on any atom is 0.211 e. The molecule has 5 nitrogen and oxygen atoms in total. The van der Waals surface area contributed by atoms with E-state index >= 15 is 0 Å². The van der Waals surface area contributed by atoms with E-state index in [-0.39, 0.29) is 12.4 Å². The second-order valence-corrected chi connectivity index (χ2v) is 5.93. The van der Waals surface area contributed by atoms with Crippen LogP contribution in [0.3, 0.4) is 0 Å². The van der Waals surface area contributed by atoms with Crippen LogP contribution in [0.2, 0.25) is 0 Å². The van der Waals surface area contributed by atoms with Crippen molar-refractivity contribution in [1.29, 1.82) is 0 Å². The van der Waals surface area contributed by atoms with Gasteiger partial charge in [0.2, 0.25) is 10.0 Å². The monoisotopic (exact) mass is 323 g/mol. The summed E-state index contributed by atoms with van der Waals surface area (Å²) in [5.41, 5.74) is 0. The molecule has 0 saturated heterocycles. The summed E-state index contributed by atoms with van der Waals surface area (Å²) < 4.78 is 32.6. The van der Waals surface area contributed by atoms with Crippen LogP contribution in [0.1, 0.15) is 0 Å². The van der Waals surface area contributed by atoms with Gasteiger partial charge in [-0.1, -0.05) is 15.9 Å². The topological polar surface area (TPSA) is 78.6 Å². The zero-order valence-corrected chi connectivity index (χ0v) is 11.5. The molecule has 0 unspecified atom stereocenters. The predicted octanol–water partition coefficient (Wildman–Crippen LogP) is 1.13. The van der Waals surface area contributed by atoms with Gasteiger partial charge in [0.05, 0.1) is 19.0 Å². The number of rotatable bonds is 7. The molecule has 0 fully saturated rings. The summed E-state index contributed by atoms with van der Waals surface area (Å²) >= 11 is 3.32. The Kier molecular flexibility index (Phi) is 5.90. The first-order chi connectivity index (χ1) is 7.97. The maximum atomic E-state index is 10.6. The zero-order chi connectivity index (χ0) is 12.7. The molecule has 17 heavy (non-hydrogen) atoms. The second kappa shape index (κ2) is 6.95. The van der Waals surface area contributed by atoms with Crippen LogP contribution in [0.25, 0.3) is 0 Å². The molecule has 96 valence electrons. The standard InChI is InChI=1S/C10H14BrNO4S/c11-9-1-3-10(4-2-9)16-6-5-15-7-8-17(12,13)14/h1-4H,5-8H2,(H2,12,13,14). The van der Waals surface area contributed by atoms with Gasteiger partial charge in [0.15, 0.2) is 0 Å². The fourth-order valence-electron chi connectivity index (χ4n) is 1.03. The van der Waals surface area contributed by atoms with Gasteiger partial charge in [-0.3, -0.25) is 0 Å². The Labute approximate surface area is 109 Å². The molecule has 1 aromatic carbocycles. The number of hydrogen-bond acceptors (Lipinski definition) is 4. The molecular formula is C10H14BrNO4S. The molecule has 0 bridgehead atoms. The Bertz CT molecular complexity index is 432. The van der Waals surface area contributed by atoms with Gasteiger partial charge in [0, 0.05) is 4.47 Å². The highest BCUT2D eigenvalue weighted by Gasteiger charge is 2.01. The van der Waals surface area contributed by atoms with Crippen LogP contribution in [-0.2, 0) is 14.8 Å². The zero-order valence-electron chi connectivity index (χ0n) is 9.13. The van der Waals surface area contributed by atoms with Gasteiger partial charge >= 0.3 is 0 Å². The first-order valence-corrected chi connectivity index (χ1v) is 7.45. The van der Waals surface area contributed by atoms with Crippen LogP contribution >= 0.6 is 15.9 Å². The van der Waals surface area contributed by atoms with E-state index in [9.17, 15) is 8.42 Å². The quantitative estimate of drug-likeness (QED) is 0.763. The smallest absolute Gasteiger partial charge is 0.211 e. The Hall–Kier alpha value is -0.630. The minimum atomic E-state index is -3.44. The highest BCUT2D eigenvalue weighted by atomic mass is 79.9. The number of ether oxygens (including phenoxy) is 2. The van der Waals surface area contributed by atoms with Crippen LogP contribution < -0.4 is 9.88 Å². The lowest BCUT2D eigenvalue weighted by Gasteiger charge is -2.06. The third-order valence-corrected chi connectivity index (χ3v) is 3.09. The van der Waals surface area contributed by atoms with Crippen molar-refractivity contribution in [1.82, 2.24) is 0 Å². The maximum absolute atomic E-state index is 10.6. The van der Waals surface area contributed by atoms with E-state index in [0.717, 1.165) is 10.2 Å². The number of primary sulfonamides is 1. The van der Waals surface area contributed by atoms with Crippen molar-refractivity contribution in [2.45, 2.75) is 0 Å². The molecule has 2 N–H and O–H groups in total. The molecule has 0 aliphatic heterocycles. The highest BCUT2D eigenvalue weighted by molar-refractivity contribution is 9.10. The summed E-state index contributed by atoms with van der Waals surface area (Å²) in [7, 11) is -3.44. The van der Waals surface area contributed by atoms with Gasteiger partial charge < -0.3 is 9.47 Å². The van der Waals surface area contributed by atoms with Gasteiger partial charge in [-0.25, -0.2) is 13.6 Å². The highest BCUT2D eigenvalue weighted by Crippen LogP contribution is 2.15. The number of sulfonamides is 1. The molecular weight excluding hydrogens is 310 g/mol. The van der Waals surface area contributed by atoms with E-state index in [4.69, 9.17) is 14.6 Å². The fraction of sp³-hybridized carbons (Fsp3) is 0.400. The van der Waals surface area contributed by atoms with Crippen LogP contribution in [-0.4, -0.2) is 34.0 Å². The Morgan fingerprint density at radius 2 is 1.76 bits per heavy atom. The van der Waals surface area contributed by atoms with Crippen molar-refractivity contribution in [3.05, 3.63) is 28.7 Å². The molecule has 7 heteroatoms. The van der Waals surface area contributed by atoms with E-state index in [0.29, 0.717) is 13.2 Å². The van der Waals surface area contributed by atoms with Crippen molar-refractivity contribution >= 4 is 26.0 Å². The van der Waals surface area contributed by atoms with E-state index in [2.05, 4.69) is 15.9 Å². The van der Waals surface area contributed by atoms with Gasteiger partial charge in [0.25, 0.3) is 0 Å². The predicted molar refractivity (Wildman–Crippen MR) is 68.4 cm³/mol. The molecule has 0 atom stereocenters. The molecule has 0 amide bonds. The van der Waals surface area contributed by atoms with Crippen LogP contribution in [0.15, 0.2) is 28.7 Å². The van der Waals surface area contributed by atoms with Gasteiger partial charge in [-0.05, 0) is 24.3 Å². The number of benzene rings is 1. The number of nitrogens with two attached hydrogens (primary N) is 1. The van der Waals surface area contributed by atoms with Crippen molar-refractivity contribution in [2.75, 3.05) is 25.6 Å². The first-order valence-electron chi connectivity index (χ1n) is 4.94. The summed E-state index contributed by atoms with van der Waals surface area (Å²) in [5, 5.41) is 4.81. The normalized spacial score (nSPS) is 11.4. The summed E-state index contributed by atoms with van der Waals surface area (Å²) in [6.07, 6.45) is 0. The summed E-state index contributed by atoms with van der Waals surface area (Å²) in [4.78, 5) is 0. The van der Waals surface area contributed by atoms with Crippen LogP contribution in [0.5, 0.6) is 5.75 Å². The number of hydrogen-bond donors (Lipinski definition) is 1. The van der Waals surface area contributed by atoms with E-state index in [1.807, 2.05) is 24.3 Å². The lowest BCUT2D eigenvalue weighted by atomic mass is 10.3. The fourth-order valence-corrected chi connectivity index (χ4v) is 1.64. The van der Waals surface area contributed by atoms with Crippen molar-refractivity contribution in [3.63, 3.8) is 0 Å². The lowest BCUT2D eigenvalue weighted by molar-refractivity contribution is 0.111.